The fourth-order valence-electron chi connectivity index (χ4n) is 2.64. The molecule has 20 heavy (non-hydrogen) atoms. The van der Waals surface area contributed by atoms with E-state index in [0.29, 0.717) is 16.6 Å². The van der Waals surface area contributed by atoms with Crippen LogP contribution in [0.2, 0.25) is 0 Å². The van der Waals surface area contributed by atoms with E-state index in [1.165, 1.54) is 25.3 Å². The summed E-state index contributed by atoms with van der Waals surface area (Å²) in [5.41, 5.74) is 1.00. The first-order valence-corrected chi connectivity index (χ1v) is 7.79. The molecule has 2 atom stereocenters. The molecule has 1 heterocycles. The van der Waals surface area contributed by atoms with Gasteiger partial charge in [-0.15, -0.1) is 0 Å². The summed E-state index contributed by atoms with van der Waals surface area (Å²) < 4.78 is 0.510. The van der Waals surface area contributed by atoms with Crippen LogP contribution in [0.15, 0.2) is 22.7 Å². The van der Waals surface area contributed by atoms with E-state index in [4.69, 9.17) is 0 Å². The standard InChI is InChI=1S/C14H20BrN3O2/c1-10(8-11-4-2-3-7-16-11)17-12-5-6-14(18(19)20)13(15)9-12/h5-6,9-11,16-17H,2-4,7-8H2,1H3. The maximum atomic E-state index is 10.8. The zero-order valence-corrected chi connectivity index (χ0v) is 13.1. The monoisotopic (exact) mass is 341 g/mol. The third kappa shape index (κ3) is 4.18. The Morgan fingerprint density at radius 2 is 2.35 bits per heavy atom. The van der Waals surface area contributed by atoms with Gasteiger partial charge in [-0.25, -0.2) is 0 Å². The van der Waals surface area contributed by atoms with Gasteiger partial charge in [0.25, 0.3) is 5.69 Å². The molecule has 1 aliphatic heterocycles. The number of piperidine rings is 1. The Kier molecular flexibility index (Phi) is 5.37. The number of nitrogens with zero attached hydrogens (tertiary/aromatic N) is 1. The predicted octanol–water partition coefficient (Wildman–Crippen LogP) is 3.69. The molecule has 5 nitrogen and oxygen atoms in total. The highest BCUT2D eigenvalue weighted by Crippen LogP contribution is 2.28. The van der Waals surface area contributed by atoms with Crippen LogP contribution in [0.1, 0.15) is 32.6 Å². The van der Waals surface area contributed by atoms with E-state index >= 15 is 0 Å². The van der Waals surface area contributed by atoms with E-state index in [9.17, 15) is 10.1 Å². The van der Waals surface area contributed by atoms with Gasteiger partial charge in [-0.3, -0.25) is 10.1 Å². The van der Waals surface area contributed by atoms with Crippen LogP contribution in [0.3, 0.4) is 0 Å². The molecule has 1 aliphatic rings. The number of rotatable bonds is 5. The van der Waals surface area contributed by atoms with Crippen LogP contribution < -0.4 is 10.6 Å². The highest BCUT2D eigenvalue weighted by Gasteiger charge is 2.17. The van der Waals surface area contributed by atoms with Crippen LogP contribution in [-0.2, 0) is 0 Å². The minimum atomic E-state index is -0.386. The van der Waals surface area contributed by atoms with Crippen molar-refractivity contribution in [3.63, 3.8) is 0 Å². The summed E-state index contributed by atoms with van der Waals surface area (Å²) in [5.74, 6) is 0. The van der Waals surface area contributed by atoms with Gasteiger partial charge in [0.05, 0.1) is 9.40 Å². The number of benzene rings is 1. The Labute approximate surface area is 127 Å². The molecule has 0 bridgehead atoms. The van der Waals surface area contributed by atoms with Gasteiger partial charge >= 0.3 is 0 Å². The summed E-state index contributed by atoms with van der Waals surface area (Å²) in [6, 6.07) is 5.96. The molecular weight excluding hydrogens is 322 g/mol. The van der Waals surface area contributed by atoms with Gasteiger partial charge < -0.3 is 10.6 Å². The number of halogens is 1. The minimum Gasteiger partial charge on any atom is -0.382 e. The molecule has 2 rings (SSSR count). The van der Waals surface area contributed by atoms with Crippen LogP contribution in [0.5, 0.6) is 0 Å². The lowest BCUT2D eigenvalue weighted by Crippen LogP contribution is -2.37. The topological polar surface area (TPSA) is 67.2 Å². The van der Waals surface area contributed by atoms with E-state index < -0.39 is 0 Å². The van der Waals surface area contributed by atoms with Crippen molar-refractivity contribution in [3.05, 3.63) is 32.8 Å². The van der Waals surface area contributed by atoms with Crippen LogP contribution in [0.4, 0.5) is 11.4 Å². The smallest absolute Gasteiger partial charge is 0.283 e. The fraction of sp³-hybridized carbons (Fsp3) is 0.571. The Balaban J connectivity index is 1.92. The molecule has 1 aromatic rings. The second-order valence-electron chi connectivity index (χ2n) is 5.35. The van der Waals surface area contributed by atoms with Gasteiger partial charge in [0.1, 0.15) is 0 Å². The van der Waals surface area contributed by atoms with Gasteiger partial charge in [-0.05, 0) is 60.8 Å². The molecule has 2 N–H and O–H groups in total. The third-order valence-electron chi connectivity index (χ3n) is 3.61. The summed E-state index contributed by atoms with van der Waals surface area (Å²) in [5, 5.41) is 17.7. The maximum Gasteiger partial charge on any atom is 0.283 e. The Hall–Kier alpha value is -1.14. The molecule has 1 aromatic carbocycles. The zero-order valence-electron chi connectivity index (χ0n) is 11.6. The van der Waals surface area contributed by atoms with Crippen molar-refractivity contribution in [2.75, 3.05) is 11.9 Å². The quantitative estimate of drug-likeness (QED) is 0.633. The largest absolute Gasteiger partial charge is 0.382 e. The van der Waals surface area contributed by atoms with Crippen molar-refractivity contribution in [3.8, 4) is 0 Å². The maximum absolute atomic E-state index is 10.8. The number of anilines is 1. The van der Waals surface area contributed by atoms with E-state index in [1.54, 1.807) is 12.1 Å². The van der Waals surface area contributed by atoms with Gasteiger partial charge in [0, 0.05) is 23.8 Å². The van der Waals surface area contributed by atoms with Crippen LogP contribution in [0.25, 0.3) is 0 Å². The number of nitro benzene ring substituents is 1. The van der Waals surface area contributed by atoms with Gasteiger partial charge in [-0.2, -0.15) is 0 Å². The first kappa shape index (κ1) is 15.3. The van der Waals surface area contributed by atoms with Gasteiger partial charge in [0.2, 0.25) is 0 Å². The summed E-state index contributed by atoms with van der Waals surface area (Å²) >= 11 is 3.24. The number of nitro groups is 1. The van der Waals surface area contributed by atoms with Crippen molar-refractivity contribution < 1.29 is 4.92 Å². The highest BCUT2D eigenvalue weighted by atomic mass is 79.9. The first-order chi connectivity index (χ1) is 9.56. The number of nitrogens with one attached hydrogen (secondary N) is 2. The highest BCUT2D eigenvalue weighted by molar-refractivity contribution is 9.10. The molecule has 1 saturated heterocycles. The molecular formula is C14H20BrN3O2. The first-order valence-electron chi connectivity index (χ1n) is 7.00. The minimum absolute atomic E-state index is 0.0946. The van der Waals surface area contributed by atoms with Crippen LogP contribution in [0, 0.1) is 10.1 Å². The average Bonchev–Trinajstić information content (AvgIpc) is 2.39. The second kappa shape index (κ2) is 7.04. The molecule has 6 heteroatoms. The summed E-state index contributed by atoms with van der Waals surface area (Å²) in [6.45, 7) is 3.26. The lowest BCUT2D eigenvalue weighted by atomic mass is 9.98. The molecule has 0 spiro atoms. The molecule has 110 valence electrons. The Morgan fingerprint density at radius 3 is 2.95 bits per heavy atom. The molecule has 0 aliphatic carbocycles. The molecule has 0 amide bonds. The molecule has 0 aromatic heterocycles. The number of hydrogen-bond acceptors (Lipinski definition) is 4. The summed E-state index contributed by atoms with van der Waals surface area (Å²) in [4.78, 5) is 10.4. The SMILES string of the molecule is CC(CC1CCCCN1)Nc1ccc([N+](=O)[O-])c(Br)c1. The van der Waals surface area contributed by atoms with Crippen molar-refractivity contribution in [1.82, 2.24) is 5.32 Å². The lowest BCUT2D eigenvalue weighted by Gasteiger charge is -2.27. The van der Waals surface area contributed by atoms with Crippen molar-refractivity contribution in [2.24, 2.45) is 0 Å². The normalized spacial score (nSPS) is 20.4. The third-order valence-corrected chi connectivity index (χ3v) is 4.24. The van der Waals surface area contributed by atoms with E-state index in [0.717, 1.165) is 18.7 Å². The fourth-order valence-corrected chi connectivity index (χ4v) is 3.16. The van der Waals surface area contributed by atoms with Crippen LogP contribution >= 0.6 is 15.9 Å². The molecule has 2 unspecified atom stereocenters. The average molecular weight is 342 g/mol. The summed E-state index contributed by atoms with van der Waals surface area (Å²) in [7, 11) is 0. The van der Waals surface area contributed by atoms with E-state index in [1.807, 2.05) is 0 Å². The molecule has 0 saturated carbocycles. The van der Waals surface area contributed by atoms with E-state index in [-0.39, 0.29) is 10.6 Å². The van der Waals surface area contributed by atoms with Crippen molar-refractivity contribution >= 4 is 27.3 Å². The molecule has 0 radical (unpaired) electrons. The van der Waals surface area contributed by atoms with Crippen molar-refractivity contribution in [1.29, 1.82) is 0 Å². The Bertz CT molecular complexity index is 475. The lowest BCUT2D eigenvalue weighted by molar-refractivity contribution is -0.385. The van der Waals surface area contributed by atoms with Crippen molar-refractivity contribution in [2.45, 2.75) is 44.7 Å². The predicted molar refractivity (Wildman–Crippen MR) is 84.1 cm³/mol. The van der Waals surface area contributed by atoms with Gasteiger partial charge in [0.15, 0.2) is 0 Å². The summed E-state index contributed by atoms with van der Waals surface area (Å²) in [6.07, 6.45) is 4.87. The number of hydrogen-bond donors (Lipinski definition) is 2. The second-order valence-corrected chi connectivity index (χ2v) is 6.21. The Morgan fingerprint density at radius 1 is 1.55 bits per heavy atom. The molecule has 1 fully saturated rings. The zero-order chi connectivity index (χ0) is 14.5. The van der Waals surface area contributed by atoms with E-state index in [2.05, 4.69) is 33.5 Å². The van der Waals surface area contributed by atoms with Crippen LogP contribution in [-0.4, -0.2) is 23.6 Å². The van der Waals surface area contributed by atoms with Gasteiger partial charge in [-0.1, -0.05) is 6.42 Å².